The number of morpholine rings is 1. The average Bonchev–Trinajstić information content (AvgIpc) is 3.00. The highest BCUT2D eigenvalue weighted by Gasteiger charge is 2.11. The van der Waals surface area contributed by atoms with E-state index in [1.54, 1.807) is 0 Å². The Bertz CT molecular complexity index is 1120. The van der Waals surface area contributed by atoms with Gasteiger partial charge in [0.2, 0.25) is 0 Å². The number of H-pyrrole nitrogens is 1. The lowest BCUT2D eigenvalue weighted by molar-refractivity contribution is 0.109. The normalized spacial score (nSPS) is 13.0. The molecule has 1 aliphatic heterocycles. The van der Waals surface area contributed by atoms with Crippen LogP contribution in [-0.4, -0.2) is 42.3 Å². The molecule has 0 radical (unpaired) electrons. The van der Waals surface area contributed by atoms with Gasteiger partial charge in [0, 0.05) is 30.4 Å². The molecule has 3 aromatic rings. The third kappa shape index (κ3) is 16.7. The molecule has 7 heteroatoms. The second kappa shape index (κ2) is 22.9. The van der Waals surface area contributed by atoms with Crippen LogP contribution in [0.5, 0.6) is 0 Å². The smallest absolute Gasteiger partial charge is 0.255 e. The molecule has 0 saturated carbocycles. The van der Waals surface area contributed by atoms with E-state index in [2.05, 4.69) is 85.2 Å². The molecule has 1 saturated heterocycles. The molecule has 2 heterocycles. The number of ether oxygens (including phenoxy) is 1. The van der Waals surface area contributed by atoms with Crippen LogP contribution in [0.15, 0.2) is 64.3 Å². The summed E-state index contributed by atoms with van der Waals surface area (Å²) in [6.45, 7) is 18.5. The van der Waals surface area contributed by atoms with E-state index in [1.807, 2.05) is 51.1 Å². The molecule has 1 fully saturated rings. The molecule has 0 spiro atoms. The van der Waals surface area contributed by atoms with Crippen LogP contribution in [0.3, 0.4) is 0 Å². The zero-order valence-electron chi connectivity index (χ0n) is 27.1. The molecule has 234 valence electrons. The summed E-state index contributed by atoms with van der Waals surface area (Å²) in [5.74, 6) is 2.24. The number of anilines is 1. The summed E-state index contributed by atoms with van der Waals surface area (Å²) in [5, 5.41) is 6.59. The van der Waals surface area contributed by atoms with Crippen LogP contribution in [0.4, 0.5) is 5.82 Å². The van der Waals surface area contributed by atoms with Crippen molar-refractivity contribution >= 4 is 18.4 Å². The third-order valence-electron chi connectivity index (χ3n) is 6.55. The van der Waals surface area contributed by atoms with Gasteiger partial charge in [-0.15, -0.1) is 12.6 Å². The Kier molecular flexibility index (Phi) is 20.4. The Hall–Kier alpha value is -2.61. The summed E-state index contributed by atoms with van der Waals surface area (Å²) < 4.78 is 5.01. The van der Waals surface area contributed by atoms with Crippen molar-refractivity contribution in [3.63, 3.8) is 0 Å². The minimum Gasteiger partial charge on any atom is -0.379 e. The largest absolute Gasteiger partial charge is 0.379 e. The Morgan fingerprint density at radius 3 is 2.10 bits per heavy atom. The van der Waals surface area contributed by atoms with E-state index in [-0.39, 0.29) is 11.6 Å². The minimum absolute atomic E-state index is 0.0881. The van der Waals surface area contributed by atoms with Crippen molar-refractivity contribution in [1.82, 2.24) is 15.3 Å². The number of aromatic amines is 1. The Morgan fingerprint density at radius 1 is 0.952 bits per heavy atom. The molecule has 1 aromatic heterocycles. The van der Waals surface area contributed by atoms with Gasteiger partial charge in [0.05, 0.1) is 18.8 Å². The molecular weight excluding hydrogens is 540 g/mol. The maximum Gasteiger partial charge on any atom is 0.255 e. The van der Waals surface area contributed by atoms with Crippen molar-refractivity contribution in [3.8, 4) is 0 Å². The number of benzene rings is 2. The van der Waals surface area contributed by atoms with Crippen LogP contribution in [0.2, 0.25) is 0 Å². The molecule has 0 amide bonds. The lowest BCUT2D eigenvalue weighted by Crippen LogP contribution is -2.30. The van der Waals surface area contributed by atoms with Crippen LogP contribution >= 0.6 is 12.6 Å². The van der Waals surface area contributed by atoms with E-state index in [9.17, 15) is 4.79 Å². The van der Waals surface area contributed by atoms with Crippen molar-refractivity contribution in [1.29, 1.82) is 0 Å². The maximum absolute atomic E-state index is 12.3. The van der Waals surface area contributed by atoms with Crippen LogP contribution in [0.25, 0.3) is 0 Å². The highest BCUT2D eigenvalue weighted by molar-refractivity contribution is 7.80. The van der Waals surface area contributed by atoms with E-state index in [0.29, 0.717) is 23.6 Å². The predicted octanol–water partition coefficient (Wildman–Crippen LogP) is 7.86. The zero-order valence-corrected chi connectivity index (χ0v) is 28.0. The van der Waals surface area contributed by atoms with E-state index in [4.69, 9.17) is 4.74 Å². The number of nitrogens with zero attached hydrogens (tertiary/aromatic N) is 1. The van der Waals surface area contributed by atoms with Gasteiger partial charge in [-0.25, -0.2) is 4.98 Å². The molecule has 4 rings (SSSR count). The molecule has 0 aliphatic carbocycles. The number of aromatic nitrogens is 2. The number of nitrogens with one attached hydrogen (secondary N) is 3. The molecular formula is C35H56N4O2S. The van der Waals surface area contributed by atoms with Gasteiger partial charge in [-0.1, -0.05) is 89.9 Å². The summed E-state index contributed by atoms with van der Waals surface area (Å²) in [6, 6.07) is 18.6. The van der Waals surface area contributed by atoms with E-state index in [1.165, 1.54) is 18.4 Å². The van der Waals surface area contributed by atoms with Crippen LogP contribution in [-0.2, 0) is 17.6 Å². The second-order valence-electron chi connectivity index (χ2n) is 10.8. The summed E-state index contributed by atoms with van der Waals surface area (Å²) in [7, 11) is 0. The fraction of sp³-hybridized carbons (Fsp3) is 0.543. The first-order valence-corrected chi connectivity index (χ1v) is 16.2. The average molecular weight is 597 g/mol. The van der Waals surface area contributed by atoms with Crippen LogP contribution in [0.1, 0.15) is 89.7 Å². The van der Waals surface area contributed by atoms with Gasteiger partial charge >= 0.3 is 0 Å². The van der Waals surface area contributed by atoms with E-state index < -0.39 is 0 Å². The Labute approximate surface area is 260 Å². The topological polar surface area (TPSA) is 79.0 Å². The van der Waals surface area contributed by atoms with Crippen molar-refractivity contribution in [2.75, 3.05) is 31.6 Å². The summed E-state index contributed by atoms with van der Waals surface area (Å²) in [4.78, 5) is 20.8. The summed E-state index contributed by atoms with van der Waals surface area (Å²) in [6.07, 6.45) is 6.45. The van der Waals surface area contributed by atoms with Crippen LogP contribution in [0, 0.1) is 12.8 Å². The number of rotatable bonds is 10. The van der Waals surface area contributed by atoms with Gasteiger partial charge < -0.3 is 20.4 Å². The van der Waals surface area contributed by atoms with E-state index >= 15 is 0 Å². The van der Waals surface area contributed by atoms with Gasteiger partial charge in [0.1, 0.15) is 11.6 Å². The molecule has 42 heavy (non-hydrogen) atoms. The molecule has 1 atom stereocenters. The van der Waals surface area contributed by atoms with Crippen molar-refractivity contribution < 1.29 is 4.74 Å². The molecule has 6 nitrogen and oxygen atoms in total. The van der Waals surface area contributed by atoms with Gasteiger partial charge in [-0.3, -0.25) is 4.79 Å². The lowest BCUT2D eigenvalue weighted by atomic mass is 10.1. The molecule has 0 bridgehead atoms. The lowest BCUT2D eigenvalue weighted by Gasteiger charge is -2.16. The minimum atomic E-state index is -0.0881. The molecule has 1 aliphatic rings. The van der Waals surface area contributed by atoms with Gasteiger partial charge in [-0.2, -0.15) is 0 Å². The fourth-order valence-corrected chi connectivity index (χ4v) is 4.42. The zero-order chi connectivity index (χ0) is 31.2. The van der Waals surface area contributed by atoms with Gasteiger partial charge in [0.25, 0.3) is 5.56 Å². The molecule has 1 unspecified atom stereocenters. The Balaban J connectivity index is 0.000000519. The highest BCUT2D eigenvalue weighted by atomic mass is 32.1. The van der Waals surface area contributed by atoms with Crippen LogP contribution < -0.4 is 16.2 Å². The second-order valence-corrected chi connectivity index (χ2v) is 11.3. The SMILES string of the molecule is C1COCCN1.CC.CCCC(C)C.Cc1c(NC(C)CCCc2ccccc2)nc(Cc2ccc(S)cc2)[nH]c1=O. The Morgan fingerprint density at radius 2 is 1.60 bits per heavy atom. The van der Waals surface area contributed by atoms with Crippen molar-refractivity contribution in [3.05, 3.63) is 87.5 Å². The summed E-state index contributed by atoms with van der Waals surface area (Å²) in [5.41, 5.74) is 2.99. The van der Waals surface area contributed by atoms with Crippen molar-refractivity contribution in [2.45, 2.75) is 97.9 Å². The highest BCUT2D eigenvalue weighted by Crippen LogP contribution is 2.15. The third-order valence-corrected chi connectivity index (χ3v) is 6.85. The first kappa shape index (κ1) is 37.4. The molecule has 2 aromatic carbocycles. The maximum atomic E-state index is 12.3. The van der Waals surface area contributed by atoms with Gasteiger partial charge in [-0.05, 0) is 62.3 Å². The quantitative estimate of drug-likeness (QED) is 0.179. The number of hydrogen-bond donors (Lipinski definition) is 4. The van der Waals surface area contributed by atoms with E-state index in [0.717, 1.165) is 61.9 Å². The monoisotopic (exact) mass is 596 g/mol. The number of thiol groups is 1. The first-order valence-electron chi connectivity index (χ1n) is 15.7. The predicted molar refractivity (Wildman–Crippen MR) is 183 cm³/mol. The van der Waals surface area contributed by atoms with Crippen molar-refractivity contribution in [2.24, 2.45) is 5.92 Å². The number of hydrogen-bond acceptors (Lipinski definition) is 6. The van der Waals surface area contributed by atoms with Gasteiger partial charge in [0.15, 0.2) is 0 Å². The first-order chi connectivity index (χ1) is 20.3. The molecule has 3 N–H and O–H groups in total. The standard InChI is InChI=1S/C23H27N3OS.C6H14.C4H9NO.C2H6/c1-16(7-6-10-18-8-4-3-5-9-18)24-22-17(2)23(27)26-21(25-22)15-19-11-13-20(28)14-12-19;1-4-5-6(2)3;1-3-6-4-2-5-1;1-2/h3-5,8-9,11-14,16,28H,6-7,10,15H2,1-2H3,(H2,24,25,26,27);6H,4-5H2,1-3H3;5H,1-4H2;1-2H3. The summed E-state index contributed by atoms with van der Waals surface area (Å²) >= 11 is 4.31. The fourth-order valence-electron chi connectivity index (χ4n) is 4.27. The number of aryl methyl sites for hydroxylation is 1.